The number of rotatable bonds is 6. The number of carbonyl (C=O) groups is 1. The summed E-state index contributed by atoms with van der Waals surface area (Å²) in [5.74, 6) is 0.219. The third-order valence-corrected chi connectivity index (χ3v) is 2.33. The lowest BCUT2D eigenvalue weighted by Crippen LogP contribution is -2.27. The number of nitrogens with one attached hydrogen (secondary N) is 1. The highest BCUT2D eigenvalue weighted by molar-refractivity contribution is 5.76. The molecule has 0 spiro atoms. The molecule has 5 heteroatoms. The smallest absolute Gasteiger partial charge is 0.221 e. The molecular weight excluding hydrogens is 223 g/mol. The molecule has 0 saturated carbocycles. The van der Waals surface area contributed by atoms with Gasteiger partial charge in [0.25, 0.3) is 0 Å². The van der Waals surface area contributed by atoms with Crippen LogP contribution in [0, 0.1) is 5.82 Å². The number of hydrogen-bond acceptors (Lipinski definition) is 3. The van der Waals surface area contributed by atoms with E-state index in [-0.39, 0.29) is 11.7 Å². The van der Waals surface area contributed by atoms with E-state index in [1.165, 1.54) is 19.2 Å². The first kappa shape index (κ1) is 13.4. The summed E-state index contributed by atoms with van der Waals surface area (Å²) in [4.78, 5) is 11.2. The van der Waals surface area contributed by atoms with Crippen molar-refractivity contribution in [2.75, 3.05) is 20.2 Å². The second-order valence-electron chi connectivity index (χ2n) is 3.59. The zero-order valence-corrected chi connectivity index (χ0v) is 9.83. The van der Waals surface area contributed by atoms with E-state index >= 15 is 0 Å². The Balaban J connectivity index is 2.50. The fourth-order valence-electron chi connectivity index (χ4n) is 1.50. The van der Waals surface area contributed by atoms with E-state index in [0.29, 0.717) is 31.7 Å². The van der Waals surface area contributed by atoms with Crippen LogP contribution in [0.25, 0.3) is 0 Å². The molecule has 0 saturated heterocycles. The van der Waals surface area contributed by atoms with E-state index in [9.17, 15) is 9.18 Å². The van der Waals surface area contributed by atoms with E-state index in [0.717, 1.165) is 5.56 Å². The molecule has 1 rings (SSSR count). The highest BCUT2D eigenvalue weighted by Crippen LogP contribution is 2.19. The maximum Gasteiger partial charge on any atom is 0.221 e. The molecule has 4 nitrogen and oxygen atoms in total. The van der Waals surface area contributed by atoms with Crippen LogP contribution < -0.4 is 15.8 Å². The predicted octanol–water partition coefficient (Wildman–Crippen LogP) is 0.842. The normalized spacial score (nSPS) is 10.1. The lowest BCUT2D eigenvalue weighted by atomic mass is 10.1. The number of methoxy groups -OCH3 is 1. The first-order chi connectivity index (χ1) is 8.17. The number of benzene rings is 1. The van der Waals surface area contributed by atoms with Gasteiger partial charge in [0.15, 0.2) is 0 Å². The second-order valence-corrected chi connectivity index (χ2v) is 3.59. The maximum atomic E-state index is 13.0. The lowest BCUT2D eigenvalue weighted by Gasteiger charge is -2.09. The van der Waals surface area contributed by atoms with Crippen molar-refractivity contribution in [1.29, 1.82) is 0 Å². The van der Waals surface area contributed by atoms with E-state index in [1.807, 2.05) is 0 Å². The van der Waals surface area contributed by atoms with Crippen LogP contribution in [-0.2, 0) is 11.2 Å². The molecule has 1 aromatic carbocycles. The Morgan fingerprint density at radius 2 is 2.29 bits per heavy atom. The third-order valence-electron chi connectivity index (χ3n) is 2.33. The summed E-state index contributed by atoms with van der Waals surface area (Å²) in [6, 6.07) is 4.33. The molecule has 0 atom stereocenters. The Morgan fingerprint density at radius 1 is 1.53 bits per heavy atom. The van der Waals surface area contributed by atoms with E-state index in [2.05, 4.69) is 5.32 Å². The minimum absolute atomic E-state index is 0.0946. The molecule has 0 aromatic heterocycles. The van der Waals surface area contributed by atoms with Gasteiger partial charge in [-0.2, -0.15) is 0 Å². The van der Waals surface area contributed by atoms with E-state index in [1.54, 1.807) is 6.07 Å². The molecule has 0 aliphatic carbocycles. The number of carbonyl (C=O) groups excluding carboxylic acids is 1. The molecule has 0 radical (unpaired) electrons. The fourth-order valence-corrected chi connectivity index (χ4v) is 1.50. The Kier molecular flexibility index (Phi) is 5.42. The number of amides is 1. The Bertz CT molecular complexity index is 383. The first-order valence-corrected chi connectivity index (χ1v) is 5.46. The molecular formula is C12H17FN2O2. The molecule has 1 aromatic rings. The van der Waals surface area contributed by atoms with Gasteiger partial charge in [0.1, 0.15) is 11.6 Å². The minimum Gasteiger partial charge on any atom is -0.496 e. The van der Waals surface area contributed by atoms with Crippen LogP contribution in [0.3, 0.4) is 0 Å². The zero-order valence-electron chi connectivity index (χ0n) is 9.83. The van der Waals surface area contributed by atoms with Crippen molar-refractivity contribution in [3.05, 3.63) is 29.6 Å². The fraction of sp³-hybridized carbons (Fsp3) is 0.417. The van der Waals surface area contributed by atoms with Gasteiger partial charge in [-0.05, 0) is 30.2 Å². The summed E-state index contributed by atoms with van der Waals surface area (Å²) in [6.45, 7) is 0.772. The molecule has 0 heterocycles. The average molecular weight is 240 g/mol. The molecule has 0 fully saturated rings. The molecule has 17 heavy (non-hydrogen) atoms. The SMILES string of the molecule is COc1ccc(F)cc1CCNC(=O)CCN. The van der Waals surface area contributed by atoms with E-state index < -0.39 is 0 Å². The van der Waals surface area contributed by atoms with Crippen molar-refractivity contribution in [3.63, 3.8) is 0 Å². The van der Waals surface area contributed by atoms with Crippen molar-refractivity contribution in [2.45, 2.75) is 12.8 Å². The Hall–Kier alpha value is -1.62. The largest absolute Gasteiger partial charge is 0.496 e. The van der Waals surface area contributed by atoms with Gasteiger partial charge in [-0.25, -0.2) is 4.39 Å². The first-order valence-electron chi connectivity index (χ1n) is 5.46. The Morgan fingerprint density at radius 3 is 2.94 bits per heavy atom. The van der Waals surface area contributed by atoms with Crippen LogP contribution in [0.4, 0.5) is 4.39 Å². The van der Waals surface area contributed by atoms with Gasteiger partial charge in [-0.3, -0.25) is 4.79 Å². The van der Waals surface area contributed by atoms with Gasteiger partial charge in [-0.1, -0.05) is 0 Å². The molecule has 0 aliphatic rings. The standard InChI is InChI=1S/C12H17FN2O2/c1-17-11-3-2-10(13)8-9(11)5-7-15-12(16)4-6-14/h2-3,8H,4-7,14H2,1H3,(H,15,16). The summed E-state index contributed by atoms with van der Waals surface area (Å²) in [6.07, 6.45) is 0.831. The summed E-state index contributed by atoms with van der Waals surface area (Å²) in [5.41, 5.74) is 5.98. The van der Waals surface area contributed by atoms with Gasteiger partial charge >= 0.3 is 0 Å². The van der Waals surface area contributed by atoms with E-state index in [4.69, 9.17) is 10.5 Å². The van der Waals surface area contributed by atoms with Gasteiger partial charge in [0, 0.05) is 19.5 Å². The van der Waals surface area contributed by atoms with Crippen molar-refractivity contribution in [1.82, 2.24) is 5.32 Å². The minimum atomic E-state index is -0.311. The monoisotopic (exact) mass is 240 g/mol. The summed E-state index contributed by atoms with van der Waals surface area (Å²) in [5, 5.41) is 2.71. The molecule has 0 unspecified atom stereocenters. The summed E-state index contributed by atoms with van der Waals surface area (Å²) in [7, 11) is 1.53. The van der Waals surface area contributed by atoms with Gasteiger partial charge < -0.3 is 15.8 Å². The third kappa shape index (κ3) is 4.40. The van der Waals surface area contributed by atoms with Crippen molar-refractivity contribution < 1.29 is 13.9 Å². The number of nitrogens with two attached hydrogens (primary N) is 1. The predicted molar refractivity (Wildman–Crippen MR) is 63.3 cm³/mol. The van der Waals surface area contributed by atoms with Crippen LogP contribution in [0.1, 0.15) is 12.0 Å². The highest BCUT2D eigenvalue weighted by Gasteiger charge is 2.05. The molecule has 94 valence electrons. The number of hydrogen-bond donors (Lipinski definition) is 2. The van der Waals surface area contributed by atoms with Crippen molar-refractivity contribution in [2.24, 2.45) is 5.73 Å². The molecule has 1 amide bonds. The van der Waals surface area contributed by atoms with Gasteiger partial charge in [0.05, 0.1) is 7.11 Å². The van der Waals surface area contributed by atoms with Crippen LogP contribution in [0.15, 0.2) is 18.2 Å². The van der Waals surface area contributed by atoms with Crippen LogP contribution in [-0.4, -0.2) is 26.1 Å². The van der Waals surface area contributed by atoms with Crippen LogP contribution in [0.5, 0.6) is 5.75 Å². The Labute approximate surface area is 100.0 Å². The van der Waals surface area contributed by atoms with Crippen molar-refractivity contribution in [3.8, 4) is 5.75 Å². The lowest BCUT2D eigenvalue weighted by molar-refractivity contribution is -0.120. The van der Waals surface area contributed by atoms with Crippen molar-refractivity contribution >= 4 is 5.91 Å². The molecule has 0 aliphatic heterocycles. The second kappa shape index (κ2) is 6.85. The topological polar surface area (TPSA) is 64.3 Å². The summed E-state index contributed by atoms with van der Waals surface area (Å²) >= 11 is 0. The number of ether oxygens (including phenoxy) is 1. The zero-order chi connectivity index (χ0) is 12.7. The summed E-state index contributed by atoms with van der Waals surface area (Å²) < 4.78 is 18.1. The highest BCUT2D eigenvalue weighted by atomic mass is 19.1. The number of halogens is 1. The average Bonchev–Trinajstić information content (AvgIpc) is 2.30. The molecule has 3 N–H and O–H groups in total. The van der Waals surface area contributed by atoms with Gasteiger partial charge in [0.2, 0.25) is 5.91 Å². The van der Waals surface area contributed by atoms with Crippen LogP contribution in [0.2, 0.25) is 0 Å². The molecule has 0 bridgehead atoms. The van der Waals surface area contributed by atoms with Gasteiger partial charge in [-0.15, -0.1) is 0 Å². The maximum absolute atomic E-state index is 13.0. The van der Waals surface area contributed by atoms with Crippen LogP contribution >= 0.6 is 0 Å². The quantitative estimate of drug-likeness (QED) is 0.774.